The highest BCUT2D eigenvalue weighted by Crippen LogP contribution is 1.98. The Bertz CT molecular complexity index is 139. The molecule has 0 fully saturated rings. The van der Waals surface area contributed by atoms with Gasteiger partial charge in [-0.15, -0.1) is 0 Å². The maximum Gasteiger partial charge on any atom is 0.270 e. The predicted molar refractivity (Wildman–Crippen MR) is 33.2 cm³/mol. The van der Waals surface area contributed by atoms with Crippen molar-refractivity contribution in [1.82, 2.24) is 5.73 Å². The average Bonchev–Trinajstić information content (AvgIpc) is 2.00. The molecule has 0 aromatic carbocycles. The Morgan fingerprint density at radius 3 is 2.09 bits per heavy atom. The van der Waals surface area contributed by atoms with Gasteiger partial charge in [-0.25, -0.2) is 0 Å². The van der Waals surface area contributed by atoms with Crippen molar-refractivity contribution in [3.05, 3.63) is 0 Å². The average molecular weight is 164 g/mol. The molecule has 0 unspecified atom stereocenters. The van der Waals surface area contributed by atoms with Crippen molar-refractivity contribution in [3.63, 3.8) is 0 Å². The van der Waals surface area contributed by atoms with Crippen molar-refractivity contribution in [2.75, 3.05) is 6.61 Å². The minimum atomic E-state index is -1.96. The topological polar surface area (TPSA) is 122 Å². The van der Waals surface area contributed by atoms with Gasteiger partial charge in [0.2, 0.25) is 0 Å². The first kappa shape index (κ1) is 10.3. The van der Waals surface area contributed by atoms with Crippen molar-refractivity contribution in [2.45, 2.75) is 18.3 Å². The van der Waals surface area contributed by atoms with Gasteiger partial charge in [-0.05, 0) is 0 Å². The molecular formula is C5H10NO5. The molecule has 0 bridgehead atoms. The Morgan fingerprint density at radius 1 is 1.36 bits per heavy atom. The molecule has 11 heavy (non-hydrogen) atoms. The van der Waals surface area contributed by atoms with Gasteiger partial charge in [0.25, 0.3) is 5.91 Å². The quantitative estimate of drug-likeness (QED) is 0.350. The van der Waals surface area contributed by atoms with E-state index in [9.17, 15) is 4.79 Å². The summed E-state index contributed by atoms with van der Waals surface area (Å²) in [7, 11) is 0. The number of nitrogens with one attached hydrogen (secondary N) is 1. The number of amides is 1. The zero-order valence-corrected chi connectivity index (χ0v) is 5.64. The monoisotopic (exact) mass is 164 g/mol. The van der Waals surface area contributed by atoms with Crippen LogP contribution in [0.4, 0.5) is 0 Å². The number of hydrogen-bond acceptors (Lipinski definition) is 5. The van der Waals surface area contributed by atoms with E-state index in [1.54, 1.807) is 0 Å². The Balaban J connectivity index is 4.00. The summed E-state index contributed by atoms with van der Waals surface area (Å²) >= 11 is 0. The molecule has 1 amide bonds. The van der Waals surface area contributed by atoms with Gasteiger partial charge < -0.3 is 20.4 Å². The van der Waals surface area contributed by atoms with Gasteiger partial charge in [0.05, 0.1) is 6.61 Å². The molecule has 65 valence electrons. The van der Waals surface area contributed by atoms with Crippen LogP contribution < -0.4 is 5.73 Å². The van der Waals surface area contributed by atoms with E-state index in [0.717, 1.165) is 0 Å². The van der Waals surface area contributed by atoms with Crippen LogP contribution in [0.25, 0.3) is 0 Å². The lowest BCUT2D eigenvalue weighted by Crippen LogP contribution is -2.44. The van der Waals surface area contributed by atoms with Gasteiger partial charge in [-0.2, -0.15) is 0 Å². The van der Waals surface area contributed by atoms with Crippen molar-refractivity contribution in [3.8, 4) is 0 Å². The van der Waals surface area contributed by atoms with E-state index in [1.807, 2.05) is 0 Å². The van der Waals surface area contributed by atoms with Gasteiger partial charge in [0.1, 0.15) is 12.2 Å². The van der Waals surface area contributed by atoms with Crippen LogP contribution in [0.15, 0.2) is 0 Å². The third-order valence-corrected chi connectivity index (χ3v) is 1.17. The normalized spacial score (nSPS) is 18.9. The molecule has 0 heterocycles. The number of aliphatic hydroxyl groups is 4. The zero-order chi connectivity index (χ0) is 9.02. The SMILES string of the molecule is [NH]C(=O)[C@@H](O)[C@H](O)[C@H](O)CO. The van der Waals surface area contributed by atoms with Crippen LogP contribution in [0.1, 0.15) is 0 Å². The van der Waals surface area contributed by atoms with Gasteiger partial charge >= 0.3 is 0 Å². The fraction of sp³-hybridized carbons (Fsp3) is 0.800. The molecule has 5 N–H and O–H groups in total. The van der Waals surface area contributed by atoms with Crippen LogP contribution in [-0.2, 0) is 4.79 Å². The highest BCUT2D eigenvalue weighted by Gasteiger charge is 2.28. The standard InChI is InChI=1S/C5H10NO5/c6-5(11)4(10)3(9)2(8)1-7/h2-4,6-10H,1H2/t2-,3-,4+/m1/s1. The van der Waals surface area contributed by atoms with Crippen LogP contribution in [-0.4, -0.2) is 51.3 Å². The summed E-state index contributed by atoms with van der Waals surface area (Å²) in [4.78, 5) is 10.1. The molecule has 0 aliphatic rings. The molecule has 6 heteroatoms. The van der Waals surface area contributed by atoms with Crippen molar-refractivity contribution < 1.29 is 25.2 Å². The summed E-state index contributed by atoms with van der Waals surface area (Å²) in [5, 5.41) is 34.3. The van der Waals surface area contributed by atoms with Crippen LogP contribution in [0.2, 0.25) is 0 Å². The summed E-state index contributed by atoms with van der Waals surface area (Å²) in [5.74, 6) is -1.40. The predicted octanol–water partition coefficient (Wildman–Crippen LogP) is -3.13. The molecule has 0 spiro atoms. The number of hydrogen-bond donors (Lipinski definition) is 4. The van der Waals surface area contributed by atoms with Gasteiger partial charge in [0.15, 0.2) is 6.10 Å². The first-order valence-electron chi connectivity index (χ1n) is 2.91. The number of carbonyl (C=O) groups excluding carboxylic acids is 1. The second kappa shape index (κ2) is 4.24. The molecule has 3 atom stereocenters. The van der Waals surface area contributed by atoms with Crippen molar-refractivity contribution in [2.24, 2.45) is 0 Å². The fourth-order valence-corrected chi connectivity index (χ4v) is 0.474. The molecule has 1 radical (unpaired) electrons. The summed E-state index contributed by atoms with van der Waals surface area (Å²) in [6, 6.07) is 0. The van der Waals surface area contributed by atoms with Crippen molar-refractivity contribution >= 4 is 5.91 Å². The summed E-state index contributed by atoms with van der Waals surface area (Å²) in [5.41, 5.74) is 6.34. The van der Waals surface area contributed by atoms with E-state index in [1.165, 1.54) is 0 Å². The van der Waals surface area contributed by atoms with Gasteiger partial charge in [0, 0.05) is 0 Å². The molecule has 6 nitrogen and oxygen atoms in total. The lowest BCUT2D eigenvalue weighted by Gasteiger charge is -2.17. The van der Waals surface area contributed by atoms with Crippen molar-refractivity contribution in [1.29, 1.82) is 0 Å². The minimum absolute atomic E-state index is 0.772. The molecular weight excluding hydrogens is 154 g/mol. The molecule has 0 aliphatic carbocycles. The molecule has 0 saturated carbocycles. The third kappa shape index (κ3) is 2.81. The highest BCUT2D eigenvalue weighted by molar-refractivity contribution is 5.78. The maximum atomic E-state index is 10.1. The van der Waals surface area contributed by atoms with E-state index in [-0.39, 0.29) is 0 Å². The Hall–Kier alpha value is -0.690. The van der Waals surface area contributed by atoms with Crippen LogP contribution >= 0.6 is 0 Å². The second-order valence-electron chi connectivity index (χ2n) is 2.05. The maximum absolute atomic E-state index is 10.1. The first-order chi connectivity index (χ1) is 5.00. The zero-order valence-electron chi connectivity index (χ0n) is 5.64. The van der Waals surface area contributed by atoms with Crippen LogP contribution in [0.3, 0.4) is 0 Å². The molecule has 0 saturated heterocycles. The Kier molecular flexibility index (Phi) is 3.98. The first-order valence-corrected chi connectivity index (χ1v) is 2.91. The van der Waals surface area contributed by atoms with E-state index in [2.05, 4.69) is 0 Å². The van der Waals surface area contributed by atoms with E-state index in [0.29, 0.717) is 0 Å². The second-order valence-corrected chi connectivity index (χ2v) is 2.05. The molecule has 0 aromatic rings. The smallest absolute Gasteiger partial charge is 0.270 e. The highest BCUT2D eigenvalue weighted by atomic mass is 16.4. The van der Waals surface area contributed by atoms with Crippen LogP contribution in [0.5, 0.6) is 0 Å². The summed E-state index contributed by atoms with van der Waals surface area (Å²) in [6.07, 6.45) is -5.36. The Labute approximate surface area is 62.9 Å². The fourth-order valence-electron chi connectivity index (χ4n) is 0.474. The lowest BCUT2D eigenvalue weighted by atomic mass is 10.1. The molecule has 0 rings (SSSR count). The van der Waals surface area contributed by atoms with E-state index in [4.69, 9.17) is 26.2 Å². The summed E-state index contributed by atoms with van der Waals surface area (Å²) in [6.45, 7) is -0.772. The molecule has 0 aliphatic heterocycles. The van der Waals surface area contributed by atoms with Gasteiger partial charge in [-0.3, -0.25) is 10.5 Å². The van der Waals surface area contributed by atoms with Crippen LogP contribution in [0, 0.1) is 0 Å². The van der Waals surface area contributed by atoms with E-state index >= 15 is 0 Å². The van der Waals surface area contributed by atoms with Gasteiger partial charge in [-0.1, -0.05) is 0 Å². The number of carbonyl (C=O) groups is 1. The minimum Gasteiger partial charge on any atom is -0.394 e. The number of aliphatic hydroxyl groups excluding tert-OH is 4. The van der Waals surface area contributed by atoms with E-state index < -0.39 is 30.8 Å². The third-order valence-electron chi connectivity index (χ3n) is 1.17. The summed E-state index contributed by atoms with van der Waals surface area (Å²) < 4.78 is 0. The molecule has 0 aromatic heterocycles. The lowest BCUT2D eigenvalue weighted by molar-refractivity contribution is -0.139. The largest absolute Gasteiger partial charge is 0.394 e. The number of rotatable bonds is 4. The Morgan fingerprint density at radius 2 is 1.82 bits per heavy atom.